The summed E-state index contributed by atoms with van der Waals surface area (Å²) in [6.45, 7) is 3.85. The van der Waals surface area contributed by atoms with Crippen molar-refractivity contribution in [3.63, 3.8) is 0 Å². The van der Waals surface area contributed by atoms with Gasteiger partial charge < -0.3 is 40.3 Å². The smallest absolute Gasteiger partial charge is 0.220 e. The van der Waals surface area contributed by atoms with Gasteiger partial charge in [0.1, 0.15) is 24.4 Å². The number of aliphatic hydroxyl groups is 5. The largest absolute Gasteiger partial charge is 0.394 e. The highest BCUT2D eigenvalue weighted by atomic mass is 16.7. The van der Waals surface area contributed by atoms with Crippen LogP contribution in [0.3, 0.4) is 0 Å². The van der Waals surface area contributed by atoms with Crippen molar-refractivity contribution in [2.45, 2.75) is 307 Å². The fourth-order valence-electron chi connectivity index (χ4n) is 8.99. The highest BCUT2D eigenvalue weighted by Gasteiger charge is 2.44. The molecule has 1 heterocycles. The first kappa shape index (κ1) is 62.4. The fourth-order valence-corrected chi connectivity index (χ4v) is 8.99. The zero-order valence-electron chi connectivity index (χ0n) is 43.0. The highest BCUT2D eigenvalue weighted by molar-refractivity contribution is 5.76. The minimum Gasteiger partial charge on any atom is -0.394 e. The van der Waals surface area contributed by atoms with E-state index in [0.717, 1.165) is 57.8 Å². The van der Waals surface area contributed by atoms with Crippen molar-refractivity contribution in [1.82, 2.24) is 5.32 Å². The first-order chi connectivity index (χ1) is 32.3. The van der Waals surface area contributed by atoms with E-state index in [0.29, 0.717) is 12.8 Å². The van der Waals surface area contributed by atoms with Crippen LogP contribution in [0.2, 0.25) is 0 Å². The second-order valence-electron chi connectivity index (χ2n) is 19.7. The molecule has 6 N–H and O–H groups in total. The van der Waals surface area contributed by atoms with Gasteiger partial charge in [0, 0.05) is 6.42 Å². The Morgan fingerprint density at radius 2 is 0.894 bits per heavy atom. The van der Waals surface area contributed by atoms with Gasteiger partial charge in [-0.2, -0.15) is 0 Å². The van der Waals surface area contributed by atoms with Crippen LogP contribution in [-0.2, 0) is 14.3 Å². The van der Waals surface area contributed by atoms with Crippen LogP contribution in [0, 0.1) is 0 Å². The van der Waals surface area contributed by atoms with Crippen molar-refractivity contribution in [3.8, 4) is 0 Å². The van der Waals surface area contributed by atoms with Crippen molar-refractivity contribution in [2.75, 3.05) is 13.2 Å². The maximum Gasteiger partial charge on any atom is 0.220 e. The molecule has 0 aromatic carbocycles. The topological polar surface area (TPSA) is 149 Å². The molecule has 1 aliphatic rings. The fraction of sp³-hybridized carbons (Fsp3) is 0.877. The molecule has 1 fully saturated rings. The predicted molar refractivity (Wildman–Crippen MR) is 276 cm³/mol. The quantitative estimate of drug-likeness (QED) is 0.0261. The maximum absolute atomic E-state index is 13.1. The molecule has 0 aromatic rings. The molecule has 1 rings (SSSR count). The lowest BCUT2D eigenvalue weighted by atomic mass is 9.99. The predicted octanol–water partition coefficient (Wildman–Crippen LogP) is 13.6. The summed E-state index contributed by atoms with van der Waals surface area (Å²) in [6.07, 6.45) is 53.0. The van der Waals surface area contributed by atoms with Crippen LogP contribution < -0.4 is 5.32 Å². The molecule has 7 unspecified atom stereocenters. The highest BCUT2D eigenvalue weighted by Crippen LogP contribution is 2.23. The molecule has 0 bridgehead atoms. The van der Waals surface area contributed by atoms with E-state index in [-0.39, 0.29) is 12.5 Å². The lowest BCUT2D eigenvalue weighted by Gasteiger charge is -2.40. The molecule has 9 heteroatoms. The Labute approximate surface area is 406 Å². The zero-order valence-corrected chi connectivity index (χ0v) is 43.0. The number of carbonyl (C=O) groups is 1. The van der Waals surface area contributed by atoms with Crippen LogP contribution in [0.15, 0.2) is 36.5 Å². The van der Waals surface area contributed by atoms with Crippen LogP contribution in [0.4, 0.5) is 0 Å². The molecule has 7 atom stereocenters. The minimum absolute atomic E-state index is 0.140. The van der Waals surface area contributed by atoms with E-state index in [9.17, 15) is 30.3 Å². The van der Waals surface area contributed by atoms with Gasteiger partial charge in [0.25, 0.3) is 0 Å². The number of unbranched alkanes of at least 4 members (excludes halogenated alkanes) is 32. The van der Waals surface area contributed by atoms with E-state index in [2.05, 4.69) is 55.6 Å². The summed E-state index contributed by atoms with van der Waals surface area (Å²) in [5.74, 6) is -0.149. The summed E-state index contributed by atoms with van der Waals surface area (Å²) in [5, 5.41) is 54.7. The molecule has 0 saturated carbocycles. The summed E-state index contributed by atoms with van der Waals surface area (Å²) in [4.78, 5) is 13.1. The third-order valence-corrected chi connectivity index (χ3v) is 13.5. The van der Waals surface area contributed by atoms with Gasteiger partial charge >= 0.3 is 0 Å². The number of aliphatic hydroxyl groups excluding tert-OH is 5. The van der Waals surface area contributed by atoms with Crippen LogP contribution in [0.25, 0.3) is 0 Å². The Hall–Kier alpha value is -1.59. The van der Waals surface area contributed by atoms with Crippen molar-refractivity contribution >= 4 is 5.91 Å². The normalized spacial score (nSPS) is 20.0. The van der Waals surface area contributed by atoms with E-state index in [4.69, 9.17) is 9.47 Å². The monoisotopic (exact) mass is 934 g/mol. The Morgan fingerprint density at radius 1 is 0.515 bits per heavy atom. The molecule has 1 aliphatic heterocycles. The second-order valence-corrected chi connectivity index (χ2v) is 19.7. The van der Waals surface area contributed by atoms with Gasteiger partial charge in [-0.15, -0.1) is 0 Å². The van der Waals surface area contributed by atoms with Gasteiger partial charge in [-0.25, -0.2) is 0 Å². The standard InChI is InChI=1S/C57H107NO8/c1-3-5-7-9-11-13-15-17-19-21-23-25-26-27-29-31-33-35-37-39-41-43-45-47-53(61)58-50(49-65-57-56(64)55(63)54(62)52(48-59)66-57)51(60)46-44-42-40-38-36-34-32-30-28-24-22-20-18-16-14-12-10-8-6-4-2/h15,17,21,23,26-27,50-52,54-57,59-60,62-64H,3-14,16,18-20,22,24-25,28-49H2,1-2H3,(H,58,61)/b17-15-,23-21-,27-26-. The van der Waals surface area contributed by atoms with E-state index in [1.807, 2.05) is 0 Å². The summed E-state index contributed by atoms with van der Waals surface area (Å²) in [7, 11) is 0. The van der Waals surface area contributed by atoms with Gasteiger partial charge in [0.05, 0.1) is 25.4 Å². The second kappa shape index (κ2) is 47.1. The number of rotatable bonds is 48. The van der Waals surface area contributed by atoms with Crippen LogP contribution in [0.1, 0.15) is 264 Å². The van der Waals surface area contributed by atoms with Crippen molar-refractivity contribution in [2.24, 2.45) is 0 Å². The van der Waals surface area contributed by atoms with E-state index in [1.165, 1.54) is 180 Å². The van der Waals surface area contributed by atoms with Gasteiger partial charge in [-0.05, 0) is 51.4 Å². The first-order valence-electron chi connectivity index (χ1n) is 28.2. The molecule has 0 aliphatic carbocycles. The van der Waals surface area contributed by atoms with Crippen LogP contribution >= 0.6 is 0 Å². The Morgan fingerprint density at radius 3 is 1.32 bits per heavy atom. The molecule has 0 spiro atoms. The minimum atomic E-state index is -1.56. The summed E-state index contributed by atoms with van der Waals surface area (Å²) in [6, 6.07) is -0.724. The SMILES string of the molecule is CCCCCCC/C=C\C/C=C\C/C=C\CCCCCCCCCCC(=O)NC(COC1OC(CO)C(O)C(O)C1O)C(O)CCCCCCCCCCCCCCCCCCCCCC. The van der Waals surface area contributed by atoms with E-state index >= 15 is 0 Å². The Kier molecular flexibility index (Phi) is 44.6. The molecule has 66 heavy (non-hydrogen) atoms. The van der Waals surface area contributed by atoms with Gasteiger partial charge in [-0.3, -0.25) is 4.79 Å². The van der Waals surface area contributed by atoms with E-state index < -0.39 is 49.5 Å². The average Bonchev–Trinajstić information content (AvgIpc) is 3.32. The Balaban J connectivity index is 2.24. The number of ether oxygens (including phenoxy) is 2. The van der Waals surface area contributed by atoms with Gasteiger partial charge in [0.15, 0.2) is 6.29 Å². The maximum atomic E-state index is 13.1. The van der Waals surface area contributed by atoms with Crippen LogP contribution in [-0.4, -0.2) is 87.5 Å². The third kappa shape index (κ3) is 36.4. The number of allylic oxidation sites excluding steroid dienone is 6. The van der Waals surface area contributed by atoms with Crippen molar-refractivity contribution in [3.05, 3.63) is 36.5 Å². The van der Waals surface area contributed by atoms with Crippen molar-refractivity contribution in [1.29, 1.82) is 0 Å². The third-order valence-electron chi connectivity index (χ3n) is 13.5. The summed E-state index contributed by atoms with van der Waals surface area (Å²) in [5.41, 5.74) is 0. The lowest BCUT2D eigenvalue weighted by molar-refractivity contribution is -0.302. The van der Waals surface area contributed by atoms with Gasteiger partial charge in [-0.1, -0.05) is 243 Å². The molecule has 9 nitrogen and oxygen atoms in total. The number of carbonyl (C=O) groups excluding carboxylic acids is 1. The van der Waals surface area contributed by atoms with Crippen LogP contribution in [0.5, 0.6) is 0 Å². The molecule has 1 amide bonds. The molecule has 0 aromatic heterocycles. The lowest BCUT2D eigenvalue weighted by Crippen LogP contribution is -2.60. The zero-order chi connectivity index (χ0) is 48.0. The molecule has 0 radical (unpaired) electrons. The number of hydrogen-bond acceptors (Lipinski definition) is 8. The number of amides is 1. The summed E-state index contributed by atoms with van der Waals surface area (Å²) >= 11 is 0. The number of nitrogens with one attached hydrogen (secondary N) is 1. The number of hydrogen-bond donors (Lipinski definition) is 6. The summed E-state index contributed by atoms with van der Waals surface area (Å²) < 4.78 is 11.3. The van der Waals surface area contributed by atoms with Crippen molar-refractivity contribution < 1.29 is 39.8 Å². The molecular formula is C57H107NO8. The Bertz CT molecular complexity index is 1130. The molecule has 388 valence electrons. The van der Waals surface area contributed by atoms with Gasteiger partial charge in [0.2, 0.25) is 5.91 Å². The van der Waals surface area contributed by atoms with E-state index in [1.54, 1.807) is 0 Å². The molecular weight excluding hydrogens is 827 g/mol. The average molecular weight is 934 g/mol. The first-order valence-corrected chi connectivity index (χ1v) is 28.2. The molecule has 1 saturated heterocycles.